The number of hydrogen-bond donors (Lipinski definition) is 1. The highest BCUT2D eigenvalue weighted by Crippen LogP contribution is 2.30. The third-order valence-corrected chi connectivity index (χ3v) is 5.43. The average molecular weight is 340 g/mol. The van der Waals surface area contributed by atoms with Crippen molar-refractivity contribution in [2.75, 3.05) is 12.4 Å². The number of nitrogens with zero attached hydrogens (tertiary/aromatic N) is 3. The lowest BCUT2D eigenvalue weighted by Gasteiger charge is -2.10. The van der Waals surface area contributed by atoms with Gasteiger partial charge in [0.2, 0.25) is 0 Å². The predicted octanol–water partition coefficient (Wildman–Crippen LogP) is 4.25. The van der Waals surface area contributed by atoms with Crippen molar-refractivity contribution >= 4 is 26.7 Å². The monoisotopic (exact) mass is 340 g/mol. The van der Waals surface area contributed by atoms with Gasteiger partial charge in [0.1, 0.15) is 6.61 Å². The van der Waals surface area contributed by atoms with Crippen molar-refractivity contribution in [3.63, 3.8) is 0 Å². The van der Waals surface area contributed by atoms with E-state index in [0.717, 1.165) is 32.3 Å². The molecule has 3 aromatic rings. The molecule has 1 aliphatic rings. The Balaban J connectivity index is 1.49. The van der Waals surface area contributed by atoms with E-state index in [4.69, 9.17) is 4.74 Å². The fraction of sp³-hybridized carbons (Fsp3) is 0.389. The van der Waals surface area contributed by atoms with Gasteiger partial charge in [0.15, 0.2) is 11.0 Å². The minimum atomic E-state index is 0.392. The van der Waals surface area contributed by atoms with Gasteiger partial charge in [-0.05, 0) is 30.5 Å². The molecule has 0 atom stereocenters. The van der Waals surface area contributed by atoms with E-state index < -0.39 is 0 Å². The van der Waals surface area contributed by atoms with Crippen LogP contribution in [0.1, 0.15) is 31.5 Å². The highest BCUT2D eigenvalue weighted by molar-refractivity contribution is 7.22. The number of rotatable bonds is 5. The lowest BCUT2D eigenvalue weighted by atomic mass is 10.1. The SMILES string of the molecule is CNc1nc2ccc(-c3cnc(COC4CCCC4)nc3)cc2s1. The third kappa shape index (κ3) is 3.25. The molecule has 5 nitrogen and oxygen atoms in total. The number of benzene rings is 1. The summed E-state index contributed by atoms with van der Waals surface area (Å²) in [4.78, 5) is 13.4. The van der Waals surface area contributed by atoms with Gasteiger partial charge < -0.3 is 10.1 Å². The molecule has 24 heavy (non-hydrogen) atoms. The van der Waals surface area contributed by atoms with Crippen LogP contribution in [0.3, 0.4) is 0 Å². The standard InChI is InChI=1S/C18H20N4OS/c1-19-18-22-15-7-6-12(8-16(15)24-18)13-9-20-17(21-10-13)11-23-14-4-2-3-5-14/h6-10,14H,2-5,11H2,1H3,(H,19,22). The van der Waals surface area contributed by atoms with Crippen molar-refractivity contribution in [2.24, 2.45) is 0 Å². The van der Waals surface area contributed by atoms with Gasteiger partial charge in [0, 0.05) is 25.0 Å². The molecule has 0 radical (unpaired) electrons. The molecule has 1 aromatic carbocycles. The van der Waals surface area contributed by atoms with Crippen LogP contribution in [0.25, 0.3) is 21.3 Å². The maximum Gasteiger partial charge on any atom is 0.183 e. The molecule has 1 fully saturated rings. The molecule has 124 valence electrons. The minimum Gasteiger partial charge on any atom is -0.370 e. The number of thiazole rings is 1. The molecule has 2 aromatic heterocycles. The first-order valence-electron chi connectivity index (χ1n) is 8.33. The van der Waals surface area contributed by atoms with Crippen LogP contribution in [-0.2, 0) is 11.3 Å². The van der Waals surface area contributed by atoms with E-state index in [2.05, 4.69) is 32.4 Å². The van der Waals surface area contributed by atoms with E-state index >= 15 is 0 Å². The Morgan fingerprint density at radius 2 is 1.96 bits per heavy atom. The largest absolute Gasteiger partial charge is 0.370 e. The topological polar surface area (TPSA) is 59.9 Å². The summed E-state index contributed by atoms with van der Waals surface area (Å²) in [6.07, 6.45) is 9.04. The van der Waals surface area contributed by atoms with Crippen LogP contribution >= 0.6 is 11.3 Å². The number of aromatic nitrogens is 3. The first-order valence-corrected chi connectivity index (χ1v) is 9.15. The Hall–Kier alpha value is -2.05. The van der Waals surface area contributed by atoms with Crippen molar-refractivity contribution in [3.05, 3.63) is 36.4 Å². The summed E-state index contributed by atoms with van der Waals surface area (Å²) >= 11 is 1.65. The lowest BCUT2D eigenvalue weighted by Crippen LogP contribution is -2.09. The second kappa shape index (κ2) is 6.83. The molecule has 0 amide bonds. The summed E-state index contributed by atoms with van der Waals surface area (Å²) in [5.74, 6) is 0.752. The van der Waals surface area contributed by atoms with E-state index in [1.807, 2.05) is 25.5 Å². The molecule has 0 aliphatic heterocycles. The molecular weight excluding hydrogens is 320 g/mol. The van der Waals surface area contributed by atoms with Crippen LogP contribution in [0, 0.1) is 0 Å². The Morgan fingerprint density at radius 1 is 1.17 bits per heavy atom. The number of ether oxygens (including phenoxy) is 1. The van der Waals surface area contributed by atoms with Gasteiger partial charge in [-0.25, -0.2) is 15.0 Å². The molecule has 0 saturated heterocycles. The fourth-order valence-corrected chi connectivity index (χ4v) is 3.90. The molecule has 2 heterocycles. The summed E-state index contributed by atoms with van der Waals surface area (Å²) in [6.45, 7) is 0.504. The molecule has 6 heteroatoms. The summed E-state index contributed by atoms with van der Waals surface area (Å²) in [5.41, 5.74) is 3.13. The fourth-order valence-electron chi connectivity index (χ4n) is 3.04. The van der Waals surface area contributed by atoms with E-state index in [-0.39, 0.29) is 0 Å². The van der Waals surface area contributed by atoms with E-state index in [1.165, 1.54) is 25.7 Å². The molecule has 0 bridgehead atoms. The van der Waals surface area contributed by atoms with Gasteiger partial charge in [-0.1, -0.05) is 30.2 Å². The normalized spacial score (nSPS) is 15.2. The van der Waals surface area contributed by atoms with Crippen LogP contribution in [0.15, 0.2) is 30.6 Å². The Bertz CT molecular complexity index is 825. The molecule has 1 aliphatic carbocycles. The number of nitrogens with one attached hydrogen (secondary N) is 1. The van der Waals surface area contributed by atoms with Crippen molar-refractivity contribution in [2.45, 2.75) is 38.4 Å². The zero-order valence-corrected chi connectivity index (χ0v) is 14.5. The summed E-state index contributed by atoms with van der Waals surface area (Å²) in [6, 6.07) is 6.25. The van der Waals surface area contributed by atoms with Crippen LogP contribution < -0.4 is 5.32 Å². The van der Waals surface area contributed by atoms with Crippen molar-refractivity contribution in [3.8, 4) is 11.1 Å². The zero-order chi connectivity index (χ0) is 16.4. The summed E-state index contributed by atoms with van der Waals surface area (Å²) < 4.78 is 7.03. The quantitative estimate of drug-likeness (QED) is 0.752. The Labute approximate surface area is 145 Å². The van der Waals surface area contributed by atoms with Crippen molar-refractivity contribution in [1.82, 2.24) is 15.0 Å². The van der Waals surface area contributed by atoms with Crippen LogP contribution in [0.4, 0.5) is 5.13 Å². The molecule has 1 saturated carbocycles. The van der Waals surface area contributed by atoms with Gasteiger partial charge in [-0.2, -0.15) is 0 Å². The lowest BCUT2D eigenvalue weighted by molar-refractivity contribution is 0.0417. The highest BCUT2D eigenvalue weighted by atomic mass is 32.1. The molecule has 1 N–H and O–H groups in total. The van der Waals surface area contributed by atoms with Gasteiger partial charge in [-0.3, -0.25) is 0 Å². The molecular formula is C18H20N4OS. The molecule has 4 rings (SSSR count). The van der Waals surface area contributed by atoms with Crippen LogP contribution in [-0.4, -0.2) is 28.1 Å². The zero-order valence-electron chi connectivity index (χ0n) is 13.7. The van der Waals surface area contributed by atoms with Crippen LogP contribution in [0.5, 0.6) is 0 Å². The van der Waals surface area contributed by atoms with E-state index in [9.17, 15) is 0 Å². The van der Waals surface area contributed by atoms with Crippen molar-refractivity contribution < 1.29 is 4.74 Å². The van der Waals surface area contributed by atoms with Gasteiger partial charge >= 0.3 is 0 Å². The summed E-state index contributed by atoms with van der Waals surface area (Å²) in [5, 5.41) is 4.02. The Kier molecular flexibility index (Phi) is 4.40. The predicted molar refractivity (Wildman–Crippen MR) is 97.2 cm³/mol. The second-order valence-electron chi connectivity index (χ2n) is 6.06. The number of anilines is 1. The minimum absolute atomic E-state index is 0.392. The smallest absolute Gasteiger partial charge is 0.183 e. The maximum absolute atomic E-state index is 5.87. The van der Waals surface area contributed by atoms with Gasteiger partial charge in [-0.15, -0.1) is 0 Å². The van der Waals surface area contributed by atoms with Gasteiger partial charge in [0.25, 0.3) is 0 Å². The van der Waals surface area contributed by atoms with Crippen molar-refractivity contribution in [1.29, 1.82) is 0 Å². The Morgan fingerprint density at radius 3 is 2.71 bits per heavy atom. The van der Waals surface area contributed by atoms with E-state index in [1.54, 1.807) is 11.3 Å². The molecule has 0 unspecified atom stereocenters. The third-order valence-electron chi connectivity index (χ3n) is 4.39. The highest BCUT2D eigenvalue weighted by Gasteiger charge is 2.15. The molecule has 0 spiro atoms. The van der Waals surface area contributed by atoms with E-state index in [0.29, 0.717) is 12.7 Å². The second-order valence-corrected chi connectivity index (χ2v) is 7.09. The summed E-state index contributed by atoms with van der Waals surface area (Å²) in [7, 11) is 1.89. The first-order chi connectivity index (χ1) is 11.8. The number of fused-ring (bicyclic) bond motifs is 1. The van der Waals surface area contributed by atoms with Crippen LogP contribution in [0.2, 0.25) is 0 Å². The first kappa shape index (κ1) is 15.5. The number of hydrogen-bond acceptors (Lipinski definition) is 6. The van der Waals surface area contributed by atoms with Gasteiger partial charge in [0.05, 0.1) is 16.3 Å². The average Bonchev–Trinajstić information content (AvgIpc) is 3.28. The maximum atomic E-state index is 5.87.